The molecule has 1 aliphatic rings. The number of thiazole rings is 1. The highest BCUT2D eigenvalue weighted by Crippen LogP contribution is 2.17. The van der Waals surface area contributed by atoms with E-state index in [1.165, 1.54) is 11.3 Å². The van der Waals surface area contributed by atoms with Gasteiger partial charge in [-0.15, -0.1) is 0 Å². The highest BCUT2D eigenvalue weighted by molar-refractivity contribution is 7.15. The number of hydrogen-bond acceptors (Lipinski definition) is 5. The lowest BCUT2D eigenvalue weighted by molar-refractivity contribution is 0.0330. The maximum absolute atomic E-state index is 5.59. The second-order valence-corrected chi connectivity index (χ2v) is 4.11. The van der Waals surface area contributed by atoms with E-state index in [0.29, 0.717) is 18.3 Å². The molecule has 2 rings (SSSR count). The standard InChI is InChI=1S/C8H12N2O2S/c9-8-10-3-7(13-8)5-12-6-1-2-11-4-6/h3,6H,1-2,4-5H2,(H2,9,10). The summed E-state index contributed by atoms with van der Waals surface area (Å²) in [5.74, 6) is 0. The normalized spacial score (nSPS) is 22.3. The number of aromatic nitrogens is 1. The smallest absolute Gasteiger partial charge is 0.180 e. The summed E-state index contributed by atoms with van der Waals surface area (Å²) in [6, 6.07) is 0. The van der Waals surface area contributed by atoms with Crippen LogP contribution in [0.4, 0.5) is 5.13 Å². The van der Waals surface area contributed by atoms with E-state index in [2.05, 4.69) is 4.98 Å². The molecule has 0 radical (unpaired) electrons. The van der Waals surface area contributed by atoms with Gasteiger partial charge in [0.05, 0.1) is 24.2 Å². The number of rotatable bonds is 3. The van der Waals surface area contributed by atoms with Crippen molar-refractivity contribution >= 4 is 16.5 Å². The van der Waals surface area contributed by atoms with E-state index < -0.39 is 0 Å². The quantitative estimate of drug-likeness (QED) is 0.791. The van der Waals surface area contributed by atoms with E-state index in [-0.39, 0.29) is 6.10 Å². The number of nitrogen functional groups attached to an aromatic ring is 1. The van der Waals surface area contributed by atoms with Crippen molar-refractivity contribution in [2.24, 2.45) is 0 Å². The number of nitrogens with two attached hydrogens (primary N) is 1. The molecular weight excluding hydrogens is 188 g/mol. The molecule has 13 heavy (non-hydrogen) atoms. The Bertz CT molecular complexity index is 271. The third kappa shape index (κ3) is 2.40. The van der Waals surface area contributed by atoms with Gasteiger partial charge in [0.2, 0.25) is 0 Å². The second kappa shape index (κ2) is 4.04. The molecule has 1 aromatic rings. The molecule has 1 fully saturated rings. The van der Waals surface area contributed by atoms with E-state index in [4.69, 9.17) is 15.2 Å². The Morgan fingerprint density at radius 3 is 3.31 bits per heavy atom. The monoisotopic (exact) mass is 200 g/mol. The van der Waals surface area contributed by atoms with Gasteiger partial charge in [0.25, 0.3) is 0 Å². The largest absolute Gasteiger partial charge is 0.379 e. The van der Waals surface area contributed by atoms with E-state index in [1.807, 2.05) is 0 Å². The Kier molecular flexibility index (Phi) is 2.77. The first-order valence-electron chi connectivity index (χ1n) is 4.24. The first-order valence-corrected chi connectivity index (χ1v) is 5.06. The fourth-order valence-corrected chi connectivity index (χ4v) is 1.84. The average molecular weight is 200 g/mol. The zero-order valence-electron chi connectivity index (χ0n) is 7.23. The van der Waals surface area contributed by atoms with Gasteiger partial charge in [0.15, 0.2) is 5.13 Å². The first kappa shape index (κ1) is 8.93. The third-order valence-corrected chi connectivity index (χ3v) is 2.72. The van der Waals surface area contributed by atoms with Crippen LogP contribution in [0.5, 0.6) is 0 Å². The van der Waals surface area contributed by atoms with Crippen LogP contribution in [0.2, 0.25) is 0 Å². The van der Waals surface area contributed by atoms with Gasteiger partial charge in [-0.05, 0) is 6.42 Å². The minimum Gasteiger partial charge on any atom is -0.379 e. The maximum atomic E-state index is 5.59. The molecule has 0 aromatic carbocycles. The average Bonchev–Trinajstić information content (AvgIpc) is 2.71. The molecule has 0 bridgehead atoms. The third-order valence-electron chi connectivity index (χ3n) is 1.92. The Hall–Kier alpha value is -0.650. The molecule has 1 unspecified atom stereocenters. The van der Waals surface area contributed by atoms with Crippen molar-refractivity contribution in [2.45, 2.75) is 19.1 Å². The van der Waals surface area contributed by atoms with Gasteiger partial charge in [-0.25, -0.2) is 4.98 Å². The number of anilines is 1. The molecule has 1 saturated heterocycles. The molecular formula is C8H12N2O2S. The lowest BCUT2D eigenvalue weighted by atomic mass is 10.3. The Labute approximate surface area is 80.7 Å². The fraction of sp³-hybridized carbons (Fsp3) is 0.625. The van der Waals surface area contributed by atoms with Crippen LogP contribution in [0.25, 0.3) is 0 Å². The van der Waals surface area contributed by atoms with Crippen LogP contribution >= 0.6 is 11.3 Å². The van der Waals surface area contributed by atoms with E-state index in [1.54, 1.807) is 6.20 Å². The summed E-state index contributed by atoms with van der Waals surface area (Å²) < 4.78 is 10.8. The molecule has 0 amide bonds. The molecule has 0 spiro atoms. The molecule has 1 atom stereocenters. The Balaban J connectivity index is 1.78. The minimum atomic E-state index is 0.253. The van der Waals surface area contributed by atoms with Gasteiger partial charge in [-0.2, -0.15) is 0 Å². The number of ether oxygens (including phenoxy) is 2. The molecule has 0 saturated carbocycles. The summed E-state index contributed by atoms with van der Waals surface area (Å²) in [5, 5.41) is 0.598. The van der Waals surface area contributed by atoms with Crippen LogP contribution in [-0.2, 0) is 16.1 Å². The summed E-state index contributed by atoms with van der Waals surface area (Å²) >= 11 is 1.47. The van der Waals surface area contributed by atoms with Crippen LogP contribution in [-0.4, -0.2) is 24.3 Å². The molecule has 0 aliphatic carbocycles. The van der Waals surface area contributed by atoms with Crippen molar-refractivity contribution in [1.82, 2.24) is 4.98 Å². The predicted octanol–water partition coefficient (Wildman–Crippen LogP) is 1.03. The molecule has 72 valence electrons. The van der Waals surface area contributed by atoms with Crippen molar-refractivity contribution in [2.75, 3.05) is 18.9 Å². The lowest BCUT2D eigenvalue weighted by Gasteiger charge is -2.07. The number of nitrogens with zero attached hydrogens (tertiary/aromatic N) is 1. The predicted molar refractivity (Wildman–Crippen MR) is 50.5 cm³/mol. The van der Waals surface area contributed by atoms with Gasteiger partial charge in [-0.1, -0.05) is 11.3 Å². The van der Waals surface area contributed by atoms with Crippen LogP contribution in [0.3, 0.4) is 0 Å². The summed E-state index contributed by atoms with van der Waals surface area (Å²) in [5.41, 5.74) is 5.49. The van der Waals surface area contributed by atoms with Crippen LogP contribution in [0, 0.1) is 0 Å². The Morgan fingerprint density at radius 2 is 2.69 bits per heavy atom. The second-order valence-electron chi connectivity index (χ2n) is 2.96. The molecule has 4 nitrogen and oxygen atoms in total. The van der Waals surface area contributed by atoms with Crippen molar-refractivity contribution in [3.05, 3.63) is 11.1 Å². The summed E-state index contributed by atoms with van der Waals surface area (Å²) in [4.78, 5) is 5.02. The van der Waals surface area contributed by atoms with Crippen molar-refractivity contribution in [3.8, 4) is 0 Å². The topological polar surface area (TPSA) is 57.4 Å². The summed E-state index contributed by atoms with van der Waals surface area (Å²) in [6.07, 6.45) is 3.01. The fourth-order valence-electron chi connectivity index (χ4n) is 1.23. The molecule has 1 aliphatic heterocycles. The zero-order valence-corrected chi connectivity index (χ0v) is 8.05. The van der Waals surface area contributed by atoms with Crippen molar-refractivity contribution in [3.63, 3.8) is 0 Å². The van der Waals surface area contributed by atoms with Crippen LogP contribution in [0.15, 0.2) is 6.20 Å². The van der Waals surface area contributed by atoms with Gasteiger partial charge in [0, 0.05) is 12.8 Å². The van der Waals surface area contributed by atoms with E-state index in [9.17, 15) is 0 Å². The Morgan fingerprint density at radius 1 is 1.77 bits per heavy atom. The van der Waals surface area contributed by atoms with E-state index in [0.717, 1.165) is 17.9 Å². The SMILES string of the molecule is Nc1ncc(COC2CCOC2)s1. The van der Waals surface area contributed by atoms with Crippen LogP contribution in [0.1, 0.15) is 11.3 Å². The minimum absolute atomic E-state index is 0.253. The van der Waals surface area contributed by atoms with Gasteiger partial charge < -0.3 is 15.2 Å². The van der Waals surface area contributed by atoms with E-state index >= 15 is 0 Å². The molecule has 1 aromatic heterocycles. The molecule has 5 heteroatoms. The van der Waals surface area contributed by atoms with Gasteiger partial charge in [-0.3, -0.25) is 0 Å². The van der Waals surface area contributed by atoms with Crippen molar-refractivity contribution < 1.29 is 9.47 Å². The van der Waals surface area contributed by atoms with Crippen molar-refractivity contribution in [1.29, 1.82) is 0 Å². The number of hydrogen-bond donors (Lipinski definition) is 1. The first-order chi connectivity index (χ1) is 6.34. The highest BCUT2D eigenvalue weighted by atomic mass is 32.1. The zero-order chi connectivity index (χ0) is 9.10. The maximum Gasteiger partial charge on any atom is 0.180 e. The lowest BCUT2D eigenvalue weighted by Crippen LogP contribution is -2.11. The van der Waals surface area contributed by atoms with Gasteiger partial charge in [0.1, 0.15) is 0 Å². The summed E-state index contributed by atoms with van der Waals surface area (Å²) in [6.45, 7) is 2.13. The van der Waals surface area contributed by atoms with Gasteiger partial charge >= 0.3 is 0 Å². The summed E-state index contributed by atoms with van der Waals surface area (Å²) in [7, 11) is 0. The molecule has 2 N–H and O–H groups in total. The molecule has 2 heterocycles. The highest BCUT2D eigenvalue weighted by Gasteiger charge is 2.16. The van der Waals surface area contributed by atoms with Crippen LogP contribution < -0.4 is 5.73 Å².